The first kappa shape index (κ1) is 23.4. The highest BCUT2D eigenvalue weighted by atomic mass is 16.5. The minimum absolute atomic E-state index is 0.137. The first-order chi connectivity index (χ1) is 17.1. The van der Waals surface area contributed by atoms with E-state index in [4.69, 9.17) is 9.47 Å². The minimum atomic E-state index is 0.137. The van der Waals surface area contributed by atoms with Gasteiger partial charge >= 0.3 is 0 Å². The molecule has 10 heteroatoms. The molecule has 0 aliphatic carbocycles. The predicted molar refractivity (Wildman–Crippen MR) is 135 cm³/mol. The van der Waals surface area contributed by atoms with E-state index in [-0.39, 0.29) is 5.91 Å². The van der Waals surface area contributed by atoms with Crippen molar-refractivity contribution in [2.75, 3.05) is 70.3 Å². The Labute approximate surface area is 205 Å². The molecule has 2 N–H and O–H groups in total. The highest BCUT2D eigenvalue weighted by Gasteiger charge is 2.19. The normalized spacial score (nSPS) is 18.7. The minimum Gasteiger partial charge on any atom is -0.491 e. The third-order valence-corrected chi connectivity index (χ3v) is 6.60. The lowest BCUT2D eigenvalue weighted by molar-refractivity contribution is -0.130. The van der Waals surface area contributed by atoms with Gasteiger partial charge in [0.2, 0.25) is 5.91 Å². The van der Waals surface area contributed by atoms with Gasteiger partial charge in [0.15, 0.2) is 0 Å². The van der Waals surface area contributed by atoms with E-state index in [1.807, 2.05) is 19.3 Å². The molecular formula is C25H33N7O3. The van der Waals surface area contributed by atoms with Crippen LogP contribution in [0, 0.1) is 0 Å². The Bertz CT molecular complexity index is 1180. The number of anilines is 3. The number of carbonyl (C=O) groups is 1. The van der Waals surface area contributed by atoms with Crippen LogP contribution in [0.15, 0.2) is 30.7 Å². The number of H-pyrrole nitrogens is 1. The number of nitrogens with zero attached hydrogens (tertiary/aromatic N) is 5. The fraction of sp³-hybridized carbons (Fsp3) is 0.480. The molecule has 2 bridgehead atoms. The highest BCUT2D eigenvalue weighted by molar-refractivity contribution is 5.92. The number of likely N-dealkylation sites (N-methyl/N-ethyl adjacent to an activating group) is 2. The Balaban J connectivity index is 1.50. The molecule has 1 amide bonds. The summed E-state index contributed by atoms with van der Waals surface area (Å²) in [5, 5.41) is 4.46. The molecule has 2 aromatic heterocycles. The number of hydrogen-bond donors (Lipinski definition) is 2. The number of morpholine rings is 1. The van der Waals surface area contributed by atoms with Crippen molar-refractivity contribution in [2.45, 2.75) is 19.4 Å². The van der Waals surface area contributed by atoms with E-state index >= 15 is 0 Å². The second-order valence-electron chi connectivity index (χ2n) is 9.17. The summed E-state index contributed by atoms with van der Waals surface area (Å²) in [5.41, 5.74) is 3.82. The number of amides is 1. The zero-order valence-corrected chi connectivity index (χ0v) is 20.4. The average molecular weight is 480 g/mol. The van der Waals surface area contributed by atoms with Gasteiger partial charge in [-0.3, -0.25) is 4.79 Å². The third kappa shape index (κ3) is 5.33. The third-order valence-electron chi connectivity index (χ3n) is 6.60. The van der Waals surface area contributed by atoms with Crippen LogP contribution in [-0.4, -0.2) is 90.8 Å². The summed E-state index contributed by atoms with van der Waals surface area (Å²) in [6.07, 6.45) is 4.68. The highest BCUT2D eigenvalue weighted by Crippen LogP contribution is 2.34. The number of aromatic amines is 1. The second kappa shape index (κ2) is 10.5. The Morgan fingerprint density at radius 2 is 1.89 bits per heavy atom. The van der Waals surface area contributed by atoms with Gasteiger partial charge in [-0.25, -0.2) is 9.97 Å². The molecule has 0 saturated carbocycles. The summed E-state index contributed by atoms with van der Waals surface area (Å²) in [7, 11) is 3.93. The number of fused-ring (bicyclic) bond motifs is 2. The van der Waals surface area contributed by atoms with E-state index < -0.39 is 0 Å². The number of benzene rings is 1. The molecule has 2 aliphatic heterocycles. The van der Waals surface area contributed by atoms with E-state index in [1.165, 1.54) is 0 Å². The summed E-state index contributed by atoms with van der Waals surface area (Å²) in [6.45, 7) is 5.66. The molecule has 186 valence electrons. The van der Waals surface area contributed by atoms with Crippen LogP contribution in [0.1, 0.15) is 18.4 Å². The van der Waals surface area contributed by atoms with Gasteiger partial charge < -0.3 is 34.5 Å². The van der Waals surface area contributed by atoms with E-state index in [2.05, 4.69) is 49.2 Å². The fourth-order valence-corrected chi connectivity index (χ4v) is 4.57. The summed E-state index contributed by atoms with van der Waals surface area (Å²) < 4.78 is 11.8. The molecule has 1 fully saturated rings. The predicted octanol–water partition coefficient (Wildman–Crippen LogP) is 2.60. The van der Waals surface area contributed by atoms with Gasteiger partial charge in [-0.15, -0.1) is 0 Å². The number of ether oxygens (including phenoxy) is 2. The molecule has 0 atom stereocenters. The molecule has 0 unspecified atom stereocenters. The van der Waals surface area contributed by atoms with Crippen molar-refractivity contribution in [2.24, 2.45) is 0 Å². The van der Waals surface area contributed by atoms with Gasteiger partial charge in [-0.2, -0.15) is 0 Å². The number of aromatic nitrogens is 3. The first-order valence-electron chi connectivity index (χ1n) is 12.2. The number of nitrogens with one attached hydrogen (secondary N) is 2. The van der Waals surface area contributed by atoms with Crippen molar-refractivity contribution < 1.29 is 14.3 Å². The van der Waals surface area contributed by atoms with Gasteiger partial charge in [-0.05, 0) is 31.2 Å². The van der Waals surface area contributed by atoms with Crippen LogP contribution in [0.3, 0.4) is 0 Å². The van der Waals surface area contributed by atoms with E-state index in [9.17, 15) is 4.79 Å². The van der Waals surface area contributed by atoms with Crippen LogP contribution in [0.4, 0.5) is 17.2 Å². The maximum absolute atomic E-state index is 12.6. The Hall–Kier alpha value is -3.37. The van der Waals surface area contributed by atoms with Gasteiger partial charge in [0.1, 0.15) is 23.5 Å². The van der Waals surface area contributed by atoms with Gasteiger partial charge in [-0.1, -0.05) is 0 Å². The molecule has 10 nitrogen and oxygen atoms in total. The Morgan fingerprint density at radius 1 is 1.03 bits per heavy atom. The van der Waals surface area contributed by atoms with Crippen molar-refractivity contribution in [1.29, 1.82) is 0 Å². The van der Waals surface area contributed by atoms with Crippen molar-refractivity contribution in [3.8, 4) is 5.75 Å². The van der Waals surface area contributed by atoms with Crippen LogP contribution in [0.5, 0.6) is 5.75 Å². The fourth-order valence-electron chi connectivity index (χ4n) is 4.57. The van der Waals surface area contributed by atoms with Gasteiger partial charge in [0, 0.05) is 64.1 Å². The van der Waals surface area contributed by atoms with Crippen molar-refractivity contribution in [3.63, 3.8) is 0 Å². The maximum Gasteiger partial charge on any atom is 0.222 e. The summed E-state index contributed by atoms with van der Waals surface area (Å²) in [4.78, 5) is 31.2. The second-order valence-corrected chi connectivity index (χ2v) is 9.17. The summed E-state index contributed by atoms with van der Waals surface area (Å²) in [5.74, 6) is 1.68. The lowest BCUT2D eigenvalue weighted by Gasteiger charge is -2.30. The van der Waals surface area contributed by atoms with E-state index in [0.29, 0.717) is 45.8 Å². The molecule has 1 saturated heterocycles. The molecule has 2 aliphatic rings. The molecule has 0 radical (unpaired) electrons. The molecule has 3 aromatic rings. The van der Waals surface area contributed by atoms with Crippen LogP contribution < -0.4 is 15.0 Å². The average Bonchev–Trinajstić information content (AvgIpc) is 3.29. The smallest absolute Gasteiger partial charge is 0.222 e. The quantitative estimate of drug-likeness (QED) is 0.550. The van der Waals surface area contributed by atoms with Crippen LogP contribution in [-0.2, 0) is 16.1 Å². The van der Waals surface area contributed by atoms with Crippen molar-refractivity contribution >= 4 is 34.1 Å². The molecular weight excluding hydrogens is 446 g/mol. The number of hydrogen-bond acceptors (Lipinski definition) is 8. The van der Waals surface area contributed by atoms with E-state index in [0.717, 1.165) is 59.2 Å². The lowest BCUT2D eigenvalue weighted by atomic mass is 10.2. The SMILES string of the molecule is CN1CCN(C)C(=O)CCCOc2cc(ccc2N2CCOCC2)Nc2ncnc3[nH]cc(c23)C1. The van der Waals surface area contributed by atoms with Crippen LogP contribution in [0.2, 0.25) is 0 Å². The van der Waals surface area contributed by atoms with Gasteiger partial charge in [0.25, 0.3) is 0 Å². The summed E-state index contributed by atoms with van der Waals surface area (Å²) >= 11 is 0. The molecule has 35 heavy (non-hydrogen) atoms. The number of carbonyl (C=O) groups excluding carboxylic acids is 1. The largest absolute Gasteiger partial charge is 0.491 e. The van der Waals surface area contributed by atoms with Crippen LogP contribution >= 0.6 is 0 Å². The molecule has 0 spiro atoms. The van der Waals surface area contributed by atoms with Gasteiger partial charge in [0.05, 0.1) is 30.9 Å². The summed E-state index contributed by atoms with van der Waals surface area (Å²) in [6, 6.07) is 6.15. The first-order valence-corrected chi connectivity index (χ1v) is 12.2. The van der Waals surface area contributed by atoms with Crippen molar-refractivity contribution in [1.82, 2.24) is 24.8 Å². The number of rotatable bonds is 1. The standard InChI is InChI=1S/C25H33N7O3/c1-30-7-8-31(2)22(33)4-3-11-35-21-14-19(5-6-20(21)32-9-12-34-13-10-32)29-25-23-18(16-30)15-26-24(23)27-17-28-25/h5-6,14-15,17H,3-4,7-13,16H2,1-2H3,(H2,26,27,28,29). The van der Waals surface area contributed by atoms with Crippen LogP contribution in [0.25, 0.3) is 11.0 Å². The zero-order chi connectivity index (χ0) is 24.2. The maximum atomic E-state index is 12.6. The molecule has 4 heterocycles. The Morgan fingerprint density at radius 3 is 2.74 bits per heavy atom. The van der Waals surface area contributed by atoms with Crippen molar-refractivity contribution in [3.05, 3.63) is 36.3 Å². The zero-order valence-electron chi connectivity index (χ0n) is 20.4. The molecule has 1 aromatic carbocycles. The lowest BCUT2D eigenvalue weighted by Crippen LogP contribution is -2.36. The Kier molecular flexibility index (Phi) is 7.01. The van der Waals surface area contributed by atoms with E-state index in [1.54, 1.807) is 11.2 Å². The molecule has 5 rings (SSSR count). The monoisotopic (exact) mass is 479 g/mol. The topological polar surface area (TPSA) is 98.8 Å².